The maximum absolute atomic E-state index is 13.4. The Kier molecular flexibility index (Phi) is 5.53. The molecule has 7 nitrogen and oxygen atoms in total. The molecule has 1 aliphatic rings. The normalized spacial score (nSPS) is 13.4. The number of anilines is 1. The number of nitrogens with one attached hydrogen (secondary N) is 1. The van der Waals surface area contributed by atoms with Crippen LogP contribution in [0.5, 0.6) is 17.2 Å². The summed E-state index contributed by atoms with van der Waals surface area (Å²) in [7, 11) is 1.53. The van der Waals surface area contributed by atoms with Crippen LogP contribution in [-0.4, -0.2) is 25.1 Å². The Balaban J connectivity index is 1.25. The fourth-order valence-electron chi connectivity index (χ4n) is 4.71. The van der Waals surface area contributed by atoms with Crippen LogP contribution in [0.2, 0.25) is 0 Å². The van der Waals surface area contributed by atoms with Gasteiger partial charge in [0.25, 0.3) is 5.91 Å². The minimum Gasteiger partial charge on any atom is -0.495 e. The van der Waals surface area contributed by atoms with Crippen molar-refractivity contribution in [2.24, 2.45) is 0 Å². The van der Waals surface area contributed by atoms with Gasteiger partial charge in [-0.3, -0.25) is 9.59 Å². The van der Waals surface area contributed by atoms with Crippen molar-refractivity contribution in [3.05, 3.63) is 96.1 Å². The number of para-hydroxylation sites is 3. The first-order chi connectivity index (χ1) is 18.0. The van der Waals surface area contributed by atoms with E-state index in [0.717, 1.165) is 16.4 Å². The number of fused-ring (bicyclic) bond motifs is 5. The van der Waals surface area contributed by atoms with Crippen LogP contribution in [0.1, 0.15) is 24.0 Å². The number of benzene rings is 4. The van der Waals surface area contributed by atoms with E-state index < -0.39 is 23.9 Å². The van der Waals surface area contributed by atoms with E-state index in [2.05, 4.69) is 5.32 Å². The number of rotatable bonds is 5. The first-order valence-electron chi connectivity index (χ1n) is 11.9. The van der Waals surface area contributed by atoms with Gasteiger partial charge in [0.1, 0.15) is 34.3 Å². The Morgan fingerprint density at radius 1 is 0.838 bits per heavy atom. The van der Waals surface area contributed by atoms with Crippen molar-refractivity contribution >= 4 is 39.5 Å². The summed E-state index contributed by atoms with van der Waals surface area (Å²) in [5.74, 6) is -0.0920. The Labute approximate surface area is 212 Å². The molecule has 1 atom stereocenters. The van der Waals surface area contributed by atoms with Crippen LogP contribution in [0.4, 0.5) is 5.69 Å². The van der Waals surface area contributed by atoms with Gasteiger partial charge in [0.2, 0.25) is 0 Å². The number of hydrogen-bond acceptors (Lipinski definition) is 6. The molecule has 1 aliphatic heterocycles. The van der Waals surface area contributed by atoms with Gasteiger partial charge in [-0.05, 0) is 31.2 Å². The van der Waals surface area contributed by atoms with Gasteiger partial charge in [-0.25, -0.2) is 0 Å². The van der Waals surface area contributed by atoms with E-state index in [1.165, 1.54) is 14.0 Å². The number of carbonyl (C=O) groups is 2. The molecule has 1 unspecified atom stereocenters. The zero-order chi connectivity index (χ0) is 25.5. The van der Waals surface area contributed by atoms with E-state index in [-0.39, 0.29) is 0 Å². The molecule has 0 fully saturated rings. The molecule has 1 amide bonds. The highest BCUT2D eigenvalue weighted by Gasteiger charge is 2.35. The predicted octanol–water partition coefficient (Wildman–Crippen LogP) is 6.40. The van der Waals surface area contributed by atoms with E-state index >= 15 is 0 Å². The van der Waals surface area contributed by atoms with Gasteiger partial charge < -0.3 is 23.9 Å². The van der Waals surface area contributed by atoms with Crippen LogP contribution in [0.25, 0.3) is 21.9 Å². The third-order valence-corrected chi connectivity index (χ3v) is 6.53. The van der Waals surface area contributed by atoms with Crippen LogP contribution >= 0.6 is 0 Å². The summed E-state index contributed by atoms with van der Waals surface area (Å²) in [5.41, 5.74) is 3.15. The lowest BCUT2D eigenvalue weighted by Gasteiger charge is -2.27. The smallest absolute Gasteiger partial charge is 0.318 e. The molecule has 0 radical (unpaired) electrons. The number of carbonyl (C=O) groups excluding carboxylic acids is 2. The van der Waals surface area contributed by atoms with Crippen LogP contribution in [0.15, 0.2) is 89.3 Å². The van der Waals surface area contributed by atoms with Gasteiger partial charge in [0.15, 0.2) is 6.10 Å². The van der Waals surface area contributed by atoms with Crippen LogP contribution in [0, 0.1) is 0 Å². The molecule has 0 aliphatic carbocycles. The summed E-state index contributed by atoms with van der Waals surface area (Å²) in [6.07, 6.45) is -1.06. The van der Waals surface area contributed by atoms with Gasteiger partial charge in [-0.2, -0.15) is 0 Å². The number of methoxy groups -OCH3 is 1. The molecule has 5 aromatic rings. The maximum Gasteiger partial charge on any atom is 0.318 e. The molecular weight excluding hydrogens is 470 g/mol. The van der Waals surface area contributed by atoms with Crippen molar-refractivity contribution < 1.29 is 28.2 Å². The van der Waals surface area contributed by atoms with Crippen molar-refractivity contribution in [1.29, 1.82) is 0 Å². The number of hydrogen-bond donors (Lipinski definition) is 1. The lowest BCUT2D eigenvalue weighted by Crippen LogP contribution is -2.32. The zero-order valence-electron chi connectivity index (χ0n) is 20.2. The van der Waals surface area contributed by atoms with Crippen LogP contribution < -0.4 is 14.8 Å². The SMILES string of the molecule is COc1cc2c(cc1NC(=O)C(C)OC(=O)C1c3ccccc3Oc3ccccc31)oc1ccccc12. The minimum atomic E-state index is -1.06. The first-order valence-corrected chi connectivity index (χ1v) is 11.9. The van der Waals surface area contributed by atoms with E-state index in [1.54, 1.807) is 6.07 Å². The van der Waals surface area contributed by atoms with Crippen molar-refractivity contribution in [1.82, 2.24) is 0 Å². The topological polar surface area (TPSA) is 87.0 Å². The van der Waals surface area contributed by atoms with E-state index in [4.69, 9.17) is 18.6 Å². The van der Waals surface area contributed by atoms with Crippen molar-refractivity contribution in [2.75, 3.05) is 12.4 Å². The van der Waals surface area contributed by atoms with Crippen molar-refractivity contribution in [2.45, 2.75) is 18.9 Å². The quantitative estimate of drug-likeness (QED) is 0.285. The third-order valence-electron chi connectivity index (χ3n) is 6.53. The average molecular weight is 494 g/mol. The number of esters is 1. The van der Waals surface area contributed by atoms with E-state index in [9.17, 15) is 9.59 Å². The summed E-state index contributed by atoms with van der Waals surface area (Å²) in [6.45, 7) is 1.54. The molecule has 1 N–H and O–H groups in total. The molecule has 0 saturated heterocycles. The Morgan fingerprint density at radius 2 is 1.49 bits per heavy atom. The lowest BCUT2D eigenvalue weighted by atomic mass is 9.88. The van der Waals surface area contributed by atoms with Gasteiger partial charge in [-0.1, -0.05) is 54.6 Å². The fraction of sp³-hybridized carbons (Fsp3) is 0.133. The van der Waals surface area contributed by atoms with Gasteiger partial charge in [-0.15, -0.1) is 0 Å². The molecule has 1 aromatic heterocycles. The monoisotopic (exact) mass is 493 g/mol. The molecule has 4 aromatic carbocycles. The second-order valence-electron chi connectivity index (χ2n) is 8.83. The number of ether oxygens (including phenoxy) is 3. The Morgan fingerprint density at radius 3 is 2.19 bits per heavy atom. The summed E-state index contributed by atoms with van der Waals surface area (Å²) < 4.78 is 23.1. The average Bonchev–Trinajstić information content (AvgIpc) is 3.28. The Bertz CT molecular complexity index is 1620. The Hall–Kier alpha value is -4.78. The highest BCUT2D eigenvalue weighted by atomic mass is 16.5. The highest BCUT2D eigenvalue weighted by molar-refractivity contribution is 6.08. The summed E-state index contributed by atoms with van der Waals surface area (Å²) in [4.78, 5) is 26.5. The molecule has 184 valence electrons. The maximum atomic E-state index is 13.4. The number of furan rings is 1. The molecule has 0 spiro atoms. The van der Waals surface area contributed by atoms with E-state index in [0.29, 0.717) is 39.6 Å². The first kappa shape index (κ1) is 22.7. The summed E-state index contributed by atoms with van der Waals surface area (Å²) in [6, 6.07) is 25.9. The third kappa shape index (κ3) is 3.94. The molecule has 0 bridgehead atoms. The molecule has 7 heteroatoms. The minimum absolute atomic E-state index is 0.420. The van der Waals surface area contributed by atoms with Gasteiger partial charge in [0.05, 0.1) is 12.8 Å². The second kappa shape index (κ2) is 9.02. The summed E-state index contributed by atoms with van der Waals surface area (Å²) >= 11 is 0. The van der Waals surface area contributed by atoms with Crippen LogP contribution in [0.3, 0.4) is 0 Å². The predicted molar refractivity (Wildman–Crippen MR) is 139 cm³/mol. The van der Waals surface area contributed by atoms with Gasteiger partial charge in [0, 0.05) is 28.0 Å². The van der Waals surface area contributed by atoms with Gasteiger partial charge >= 0.3 is 5.97 Å². The molecule has 0 saturated carbocycles. The standard InChI is InChI=1S/C30H23NO6/c1-17(35-30(33)28-19-10-4-7-13-24(19)36-25-14-8-5-11-20(25)28)29(32)31-22-16-26-21(15-27(22)34-2)18-9-3-6-12-23(18)37-26/h3-17,28H,1-2H3,(H,31,32). The van der Waals surface area contributed by atoms with Crippen molar-refractivity contribution in [3.63, 3.8) is 0 Å². The largest absolute Gasteiger partial charge is 0.495 e. The number of amides is 1. The highest BCUT2D eigenvalue weighted by Crippen LogP contribution is 2.44. The molecule has 37 heavy (non-hydrogen) atoms. The fourth-order valence-corrected chi connectivity index (χ4v) is 4.71. The molecule has 6 rings (SSSR count). The molecular formula is C30H23NO6. The zero-order valence-corrected chi connectivity index (χ0v) is 20.2. The van der Waals surface area contributed by atoms with Crippen molar-refractivity contribution in [3.8, 4) is 17.2 Å². The van der Waals surface area contributed by atoms with Crippen LogP contribution in [-0.2, 0) is 14.3 Å². The van der Waals surface area contributed by atoms with E-state index in [1.807, 2.05) is 78.9 Å². The second-order valence-corrected chi connectivity index (χ2v) is 8.83. The lowest BCUT2D eigenvalue weighted by molar-refractivity contribution is -0.153. The summed E-state index contributed by atoms with van der Waals surface area (Å²) in [5, 5.41) is 4.65. The molecule has 2 heterocycles.